The highest BCUT2D eigenvalue weighted by atomic mass is 17.3. The Hall–Kier alpha value is -0.160. The molecule has 0 saturated carbocycles. The molecular weight excluding hydrogens is 292 g/mol. The molecule has 0 aliphatic heterocycles. The largest absolute Gasteiger partial charge is 0.234 e. The van der Waals surface area contributed by atoms with Gasteiger partial charge in [-0.05, 0) is 53.4 Å². The highest BCUT2D eigenvalue weighted by Crippen LogP contribution is 2.32. The van der Waals surface area contributed by atoms with E-state index < -0.39 is 5.79 Å². The van der Waals surface area contributed by atoms with Crippen LogP contribution in [0.4, 0.5) is 0 Å². The molecule has 0 aromatic carbocycles. The number of hydrogen-bond acceptors (Lipinski definition) is 4. The summed E-state index contributed by atoms with van der Waals surface area (Å²) >= 11 is 0. The fraction of sp³-hybridized carbons (Fsp3) is 1.00. The van der Waals surface area contributed by atoms with Gasteiger partial charge in [-0.1, -0.05) is 40.5 Å². The smallest absolute Gasteiger partial charge is 0.228 e. The summed E-state index contributed by atoms with van der Waals surface area (Å²) in [5.74, 6) is -0.828. The Labute approximate surface area is 144 Å². The summed E-state index contributed by atoms with van der Waals surface area (Å²) in [6, 6.07) is 0. The van der Waals surface area contributed by atoms with Crippen LogP contribution < -0.4 is 0 Å². The lowest BCUT2D eigenvalue weighted by atomic mass is 10.0. The lowest BCUT2D eigenvalue weighted by molar-refractivity contribution is -0.546. The Bertz CT molecular complexity index is 270. The van der Waals surface area contributed by atoms with Crippen LogP contribution >= 0.6 is 0 Å². The van der Waals surface area contributed by atoms with Crippen molar-refractivity contribution >= 4 is 0 Å². The van der Waals surface area contributed by atoms with Crippen LogP contribution in [0.2, 0.25) is 0 Å². The summed E-state index contributed by atoms with van der Waals surface area (Å²) in [7, 11) is 0. The molecule has 0 N–H and O–H groups in total. The molecule has 4 nitrogen and oxygen atoms in total. The van der Waals surface area contributed by atoms with E-state index in [-0.39, 0.29) is 11.2 Å². The Balaban J connectivity index is 5.06. The van der Waals surface area contributed by atoms with Crippen molar-refractivity contribution in [2.24, 2.45) is 0 Å². The van der Waals surface area contributed by atoms with Crippen LogP contribution in [-0.2, 0) is 19.6 Å². The van der Waals surface area contributed by atoms with Crippen molar-refractivity contribution in [3.8, 4) is 0 Å². The molecule has 0 aromatic rings. The Kier molecular flexibility index (Phi) is 10.6. The van der Waals surface area contributed by atoms with Crippen molar-refractivity contribution in [2.45, 2.75) is 124 Å². The maximum absolute atomic E-state index is 5.88. The normalized spacial score (nSPS) is 13.6. The minimum absolute atomic E-state index is 0.340. The van der Waals surface area contributed by atoms with Crippen LogP contribution in [0.3, 0.4) is 0 Å². The lowest BCUT2D eigenvalue weighted by Gasteiger charge is -2.36. The van der Waals surface area contributed by atoms with Crippen molar-refractivity contribution in [1.82, 2.24) is 0 Å². The van der Waals surface area contributed by atoms with E-state index in [0.717, 1.165) is 51.4 Å². The van der Waals surface area contributed by atoms with E-state index in [4.69, 9.17) is 19.6 Å². The molecule has 23 heavy (non-hydrogen) atoms. The molecule has 4 heteroatoms. The molecule has 0 fully saturated rings. The van der Waals surface area contributed by atoms with E-state index in [2.05, 4.69) is 27.7 Å². The van der Waals surface area contributed by atoms with Gasteiger partial charge < -0.3 is 0 Å². The summed E-state index contributed by atoms with van der Waals surface area (Å²) in [4.78, 5) is 23.2. The first-order valence-corrected chi connectivity index (χ1v) is 9.39. The van der Waals surface area contributed by atoms with Crippen molar-refractivity contribution in [3.05, 3.63) is 0 Å². The first-order chi connectivity index (χ1) is 10.7. The van der Waals surface area contributed by atoms with Crippen molar-refractivity contribution in [2.75, 3.05) is 0 Å². The third-order valence-electron chi connectivity index (χ3n) is 4.36. The summed E-state index contributed by atoms with van der Waals surface area (Å²) in [5, 5.41) is 0. The van der Waals surface area contributed by atoms with Gasteiger partial charge in [0.25, 0.3) is 0 Å². The molecule has 0 radical (unpaired) electrons. The zero-order chi connectivity index (χ0) is 18.0. The van der Waals surface area contributed by atoms with Crippen molar-refractivity contribution in [1.29, 1.82) is 0 Å². The van der Waals surface area contributed by atoms with E-state index in [0.29, 0.717) is 0 Å². The van der Waals surface area contributed by atoms with Gasteiger partial charge in [0.05, 0.1) is 11.2 Å². The lowest BCUT2D eigenvalue weighted by Crippen LogP contribution is -2.42. The number of hydrogen-bond donors (Lipinski definition) is 0. The summed E-state index contributed by atoms with van der Waals surface area (Å²) in [5.41, 5.74) is -0.680. The average molecular weight is 333 g/mol. The average Bonchev–Trinajstić information content (AvgIpc) is 2.53. The highest BCUT2D eigenvalue weighted by Gasteiger charge is 2.38. The van der Waals surface area contributed by atoms with Gasteiger partial charge in [-0.25, -0.2) is 9.78 Å². The van der Waals surface area contributed by atoms with Gasteiger partial charge in [-0.3, -0.25) is 0 Å². The van der Waals surface area contributed by atoms with Crippen molar-refractivity contribution < 1.29 is 19.6 Å². The minimum Gasteiger partial charge on any atom is -0.228 e. The second kappa shape index (κ2) is 10.7. The summed E-state index contributed by atoms with van der Waals surface area (Å²) in [6.07, 6.45) is 7.44. The Morgan fingerprint density at radius 1 is 0.565 bits per heavy atom. The second-order valence-electron chi connectivity index (χ2n) is 7.68. The third-order valence-corrected chi connectivity index (χ3v) is 4.36. The van der Waals surface area contributed by atoms with Crippen LogP contribution in [0.25, 0.3) is 0 Å². The molecule has 0 heterocycles. The van der Waals surface area contributed by atoms with Gasteiger partial charge in [-0.2, -0.15) is 9.78 Å². The molecule has 0 bridgehead atoms. The van der Waals surface area contributed by atoms with E-state index in [1.165, 1.54) is 0 Å². The van der Waals surface area contributed by atoms with Gasteiger partial charge in [0.1, 0.15) is 0 Å². The predicted octanol–water partition coefficient (Wildman–Crippen LogP) is 6.34. The second-order valence-corrected chi connectivity index (χ2v) is 7.68. The topological polar surface area (TPSA) is 36.9 Å². The molecule has 0 amide bonds. The predicted molar refractivity (Wildman–Crippen MR) is 94.9 cm³/mol. The van der Waals surface area contributed by atoms with Gasteiger partial charge >= 0.3 is 0 Å². The van der Waals surface area contributed by atoms with Gasteiger partial charge in [0, 0.05) is 12.8 Å². The molecule has 0 aliphatic rings. The molecule has 0 spiro atoms. The van der Waals surface area contributed by atoms with E-state index in [1.807, 2.05) is 27.7 Å². The maximum atomic E-state index is 5.88. The van der Waals surface area contributed by atoms with E-state index >= 15 is 0 Å². The zero-order valence-corrected chi connectivity index (χ0v) is 16.8. The van der Waals surface area contributed by atoms with Gasteiger partial charge in [0.15, 0.2) is 0 Å². The maximum Gasteiger partial charge on any atom is 0.234 e. The van der Waals surface area contributed by atoms with E-state index in [9.17, 15) is 0 Å². The monoisotopic (exact) mass is 332 g/mol. The molecule has 0 rings (SSSR count). The fourth-order valence-electron chi connectivity index (χ4n) is 1.69. The SMILES string of the molecule is CCCCC(CCCC)(OOC(C)(C)CC)OOC(C)(C)CC. The Morgan fingerprint density at radius 3 is 1.17 bits per heavy atom. The van der Waals surface area contributed by atoms with Crippen LogP contribution in [-0.4, -0.2) is 17.0 Å². The van der Waals surface area contributed by atoms with E-state index in [1.54, 1.807) is 0 Å². The van der Waals surface area contributed by atoms with Gasteiger partial charge in [-0.15, -0.1) is 0 Å². The standard InChI is InChI=1S/C19H40O4/c1-9-13-15-19(16-14-10-2,22-20-17(5,6)11-3)23-21-18(7,8)12-4/h9-16H2,1-8H3. The van der Waals surface area contributed by atoms with Crippen LogP contribution in [0.5, 0.6) is 0 Å². The van der Waals surface area contributed by atoms with Crippen molar-refractivity contribution in [3.63, 3.8) is 0 Å². The van der Waals surface area contributed by atoms with Crippen LogP contribution in [0.1, 0.15) is 107 Å². The first kappa shape index (κ1) is 22.8. The highest BCUT2D eigenvalue weighted by molar-refractivity contribution is 4.70. The quantitative estimate of drug-likeness (QED) is 0.211. The van der Waals surface area contributed by atoms with Gasteiger partial charge in [0.2, 0.25) is 5.79 Å². The third kappa shape index (κ3) is 9.65. The number of rotatable bonds is 14. The molecule has 0 atom stereocenters. The molecule has 0 aromatic heterocycles. The summed E-state index contributed by atoms with van der Waals surface area (Å²) < 4.78 is 0. The molecule has 140 valence electrons. The first-order valence-electron chi connectivity index (χ1n) is 9.39. The molecule has 0 aliphatic carbocycles. The molecule has 0 unspecified atom stereocenters. The summed E-state index contributed by atoms with van der Waals surface area (Å²) in [6.45, 7) is 16.6. The van der Waals surface area contributed by atoms with Crippen LogP contribution in [0.15, 0.2) is 0 Å². The Morgan fingerprint density at radius 2 is 0.913 bits per heavy atom. The minimum atomic E-state index is -0.828. The molecule has 0 saturated heterocycles. The zero-order valence-electron chi connectivity index (χ0n) is 16.8. The fourth-order valence-corrected chi connectivity index (χ4v) is 1.69. The molecular formula is C19H40O4. The van der Waals surface area contributed by atoms with Crippen LogP contribution in [0, 0.1) is 0 Å². The number of unbranched alkanes of at least 4 members (excludes halogenated alkanes) is 2.